The zero-order chi connectivity index (χ0) is 16.6. The number of hydrogen-bond donors (Lipinski definition) is 2. The SMILES string of the molecule is O=C(Nc1ccc(COCc2ccccc2)cc1)C1CCCNC1. The summed E-state index contributed by atoms with van der Waals surface area (Å²) in [5, 5.41) is 6.27. The molecule has 2 N–H and O–H groups in total. The van der Waals surface area contributed by atoms with Gasteiger partial charge in [-0.15, -0.1) is 0 Å². The predicted octanol–water partition coefficient (Wildman–Crippen LogP) is 3.34. The highest BCUT2D eigenvalue weighted by molar-refractivity contribution is 5.92. The Morgan fingerprint density at radius 2 is 1.75 bits per heavy atom. The summed E-state index contributed by atoms with van der Waals surface area (Å²) in [7, 11) is 0. The molecule has 1 saturated heterocycles. The lowest BCUT2D eigenvalue weighted by Gasteiger charge is -2.21. The van der Waals surface area contributed by atoms with E-state index in [1.165, 1.54) is 5.56 Å². The molecule has 1 heterocycles. The van der Waals surface area contributed by atoms with Crippen molar-refractivity contribution >= 4 is 11.6 Å². The molecule has 0 bridgehead atoms. The highest BCUT2D eigenvalue weighted by Crippen LogP contribution is 2.15. The largest absolute Gasteiger partial charge is 0.372 e. The van der Waals surface area contributed by atoms with Gasteiger partial charge in [0.25, 0.3) is 0 Å². The van der Waals surface area contributed by atoms with Gasteiger partial charge >= 0.3 is 0 Å². The number of hydrogen-bond acceptors (Lipinski definition) is 3. The Balaban J connectivity index is 1.45. The van der Waals surface area contributed by atoms with Crippen LogP contribution in [0.15, 0.2) is 54.6 Å². The summed E-state index contributed by atoms with van der Waals surface area (Å²) in [4.78, 5) is 12.2. The van der Waals surface area contributed by atoms with Crippen LogP contribution in [0.4, 0.5) is 5.69 Å². The minimum Gasteiger partial charge on any atom is -0.372 e. The molecule has 1 fully saturated rings. The molecule has 0 aliphatic carbocycles. The van der Waals surface area contributed by atoms with Gasteiger partial charge in [-0.3, -0.25) is 4.79 Å². The zero-order valence-corrected chi connectivity index (χ0v) is 13.8. The lowest BCUT2D eigenvalue weighted by Crippen LogP contribution is -2.37. The molecule has 4 heteroatoms. The number of nitrogens with one attached hydrogen (secondary N) is 2. The quantitative estimate of drug-likeness (QED) is 0.857. The molecule has 126 valence electrons. The van der Waals surface area contributed by atoms with E-state index in [1.54, 1.807) is 0 Å². The smallest absolute Gasteiger partial charge is 0.228 e. The van der Waals surface area contributed by atoms with Crippen LogP contribution in [0, 0.1) is 5.92 Å². The van der Waals surface area contributed by atoms with Crippen LogP contribution in [-0.4, -0.2) is 19.0 Å². The van der Waals surface area contributed by atoms with E-state index in [-0.39, 0.29) is 11.8 Å². The average Bonchev–Trinajstić information content (AvgIpc) is 2.65. The first-order chi connectivity index (χ1) is 11.8. The summed E-state index contributed by atoms with van der Waals surface area (Å²) in [6, 6.07) is 18.0. The lowest BCUT2D eigenvalue weighted by molar-refractivity contribution is -0.120. The van der Waals surface area contributed by atoms with Crippen LogP contribution in [0.25, 0.3) is 0 Å². The van der Waals surface area contributed by atoms with E-state index in [4.69, 9.17) is 4.74 Å². The van der Waals surface area contributed by atoms with Crippen LogP contribution >= 0.6 is 0 Å². The molecular weight excluding hydrogens is 300 g/mol. The fraction of sp³-hybridized carbons (Fsp3) is 0.350. The van der Waals surface area contributed by atoms with Crippen molar-refractivity contribution in [2.45, 2.75) is 26.1 Å². The fourth-order valence-corrected chi connectivity index (χ4v) is 2.87. The second-order valence-corrected chi connectivity index (χ2v) is 6.21. The van der Waals surface area contributed by atoms with Crippen molar-refractivity contribution in [2.24, 2.45) is 5.92 Å². The standard InChI is InChI=1S/C20H24N2O2/c23-20(18-7-4-12-21-13-18)22-19-10-8-17(9-11-19)15-24-14-16-5-2-1-3-6-16/h1-3,5-6,8-11,18,21H,4,7,12-15H2,(H,22,23). The van der Waals surface area contributed by atoms with Gasteiger partial charge in [0.1, 0.15) is 0 Å². The van der Waals surface area contributed by atoms with Crippen molar-refractivity contribution in [3.8, 4) is 0 Å². The Hall–Kier alpha value is -2.17. The fourth-order valence-electron chi connectivity index (χ4n) is 2.87. The van der Waals surface area contributed by atoms with Crippen molar-refractivity contribution in [3.05, 3.63) is 65.7 Å². The Morgan fingerprint density at radius 1 is 1.04 bits per heavy atom. The summed E-state index contributed by atoms with van der Waals surface area (Å²) in [5.74, 6) is 0.183. The maximum absolute atomic E-state index is 12.2. The van der Waals surface area contributed by atoms with Gasteiger partial charge in [0, 0.05) is 12.2 Å². The van der Waals surface area contributed by atoms with Crippen molar-refractivity contribution in [3.63, 3.8) is 0 Å². The number of rotatable bonds is 6. The van der Waals surface area contributed by atoms with Crippen LogP contribution < -0.4 is 10.6 Å². The summed E-state index contributed by atoms with van der Waals surface area (Å²) in [5.41, 5.74) is 3.11. The third-order valence-corrected chi connectivity index (χ3v) is 4.27. The van der Waals surface area contributed by atoms with E-state index in [0.29, 0.717) is 13.2 Å². The topological polar surface area (TPSA) is 50.4 Å². The van der Waals surface area contributed by atoms with Gasteiger partial charge in [-0.25, -0.2) is 0 Å². The minimum atomic E-state index is 0.0765. The lowest BCUT2D eigenvalue weighted by atomic mass is 9.99. The second kappa shape index (κ2) is 8.62. The Kier molecular flexibility index (Phi) is 5.99. The molecule has 0 aromatic heterocycles. The van der Waals surface area contributed by atoms with Gasteiger partial charge < -0.3 is 15.4 Å². The Morgan fingerprint density at radius 3 is 2.42 bits per heavy atom. The molecule has 1 atom stereocenters. The van der Waals surface area contributed by atoms with E-state index < -0.39 is 0 Å². The van der Waals surface area contributed by atoms with Crippen LogP contribution in [0.5, 0.6) is 0 Å². The number of carbonyl (C=O) groups excluding carboxylic acids is 1. The first kappa shape index (κ1) is 16.7. The summed E-state index contributed by atoms with van der Waals surface area (Å²) < 4.78 is 5.73. The molecule has 2 aromatic rings. The third kappa shape index (κ3) is 4.91. The molecule has 0 saturated carbocycles. The highest BCUT2D eigenvalue weighted by atomic mass is 16.5. The first-order valence-electron chi connectivity index (χ1n) is 8.53. The molecular formula is C20H24N2O2. The number of amides is 1. The average molecular weight is 324 g/mol. The van der Waals surface area contributed by atoms with E-state index in [2.05, 4.69) is 22.8 Å². The van der Waals surface area contributed by atoms with E-state index in [9.17, 15) is 4.79 Å². The van der Waals surface area contributed by atoms with Crippen LogP contribution in [0.2, 0.25) is 0 Å². The molecule has 0 radical (unpaired) electrons. The van der Waals surface area contributed by atoms with Crippen LogP contribution in [-0.2, 0) is 22.7 Å². The molecule has 1 amide bonds. The minimum absolute atomic E-state index is 0.0765. The van der Waals surface area contributed by atoms with Crippen molar-refractivity contribution in [1.29, 1.82) is 0 Å². The molecule has 1 aliphatic rings. The molecule has 1 aliphatic heterocycles. The summed E-state index contributed by atoms with van der Waals surface area (Å²) in [6.45, 7) is 2.96. The van der Waals surface area contributed by atoms with E-state index in [1.807, 2.05) is 42.5 Å². The van der Waals surface area contributed by atoms with Crippen LogP contribution in [0.1, 0.15) is 24.0 Å². The van der Waals surface area contributed by atoms with Crippen molar-refractivity contribution in [1.82, 2.24) is 5.32 Å². The van der Waals surface area contributed by atoms with Crippen molar-refractivity contribution < 1.29 is 9.53 Å². The zero-order valence-electron chi connectivity index (χ0n) is 13.8. The maximum Gasteiger partial charge on any atom is 0.228 e. The Labute approximate surface area is 143 Å². The number of benzene rings is 2. The van der Waals surface area contributed by atoms with Gasteiger partial charge in [-0.05, 0) is 42.6 Å². The summed E-state index contributed by atoms with van der Waals surface area (Å²) in [6.07, 6.45) is 2.03. The van der Waals surface area contributed by atoms with Gasteiger partial charge in [-0.2, -0.15) is 0 Å². The molecule has 1 unspecified atom stereocenters. The molecule has 2 aromatic carbocycles. The molecule has 3 rings (SSSR count). The Bertz CT molecular complexity index is 634. The second-order valence-electron chi connectivity index (χ2n) is 6.21. The highest BCUT2D eigenvalue weighted by Gasteiger charge is 2.20. The summed E-state index contributed by atoms with van der Waals surface area (Å²) >= 11 is 0. The van der Waals surface area contributed by atoms with Gasteiger partial charge in [0.15, 0.2) is 0 Å². The number of ether oxygens (including phenoxy) is 1. The monoisotopic (exact) mass is 324 g/mol. The van der Waals surface area contributed by atoms with Crippen molar-refractivity contribution in [2.75, 3.05) is 18.4 Å². The number of carbonyl (C=O) groups is 1. The predicted molar refractivity (Wildman–Crippen MR) is 95.6 cm³/mol. The molecule has 24 heavy (non-hydrogen) atoms. The van der Waals surface area contributed by atoms with Gasteiger partial charge in [0.2, 0.25) is 5.91 Å². The van der Waals surface area contributed by atoms with E-state index >= 15 is 0 Å². The van der Waals surface area contributed by atoms with Gasteiger partial charge in [0.05, 0.1) is 19.1 Å². The van der Waals surface area contributed by atoms with Crippen LogP contribution in [0.3, 0.4) is 0 Å². The normalized spacial score (nSPS) is 17.4. The molecule has 0 spiro atoms. The number of anilines is 1. The third-order valence-electron chi connectivity index (χ3n) is 4.27. The first-order valence-corrected chi connectivity index (χ1v) is 8.53. The molecule has 4 nitrogen and oxygen atoms in total. The van der Waals surface area contributed by atoms with Gasteiger partial charge in [-0.1, -0.05) is 42.5 Å². The van der Waals surface area contributed by atoms with E-state index in [0.717, 1.165) is 37.2 Å². The maximum atomic E-state index is 12.2. The number of piperidine rings is 1.